The van der Waals surface area contributed by atoms with Gasteiger partial charge in [-0.15, -0.1) is 23.1 Å². The van der Waals surface area contributed by atoms with Gasteiger partial charge in [-0.05, 0) is 73.0 Å². The number of hydrogen-bond donors (Lipinski definition) is 4. The van der Waals surface area contributed by atoms with Crippen molar-refractivity contribution in [1.82, 2.24) is 5.32 Å². The molecule has 4 rings (SSSR count). The van der Waals surface area contributed by atoms with E-state index in [-0.39, 0.29) is 22.2 Å². The van der Waals surface area contributed by atoms with Crippen molar-refractivity contribution in [1.29, 1.82) is 0 Å². The number of carbonyl (C=O) groups is 4. The van der Waals surface area contributed by atoms with Crippen LogP contribution in [0.2, 0.25) is 5.02 Å². The van der Waals surface area contributed by atoms with Gasteiger partial charge in [0.1, 0.15) is 5.70 Å². The molecule has 0 radical (unpaired) electrons. The Morgan fingerprint density at radius 3 is 2.37 bits per heavy atom. The summed E-state index contributed by atoms with van der Waals surface area (Å²) in [4.78, 5) is 51.6. The quantitative estimate of drug-likeness (QED) is 0.119. The van der Waals surface area contributed by atoms with Gasteiger partial charge in [-0.25, -0.2) is 4.79 Å². The van der Waals surface area contributed by atoms with Gasteiger partial charge in [0.05, 0.1) is 15.8 Å². The number of nitrogens with one attached hydrogen (secondary N) is 3. The Labute approximate surface area is 249 Å². The maximum absolute atomic E-state index is 13.2. The third-order valence-corrected chi connectivity index (χ3v) is 7.84. The lowest BCUT2D eigenvalue weighted by Gasteiger charge is -2.14. The highest BCUT2D eigenvalue weighted by atomic mass is 35.5. The molecule has 0 bridgehead atoms. The monoisotopic (exact) mass is 605 g/mol. The van der Waals surface area contributed by atoms with Crippen LogP contribution in [-0.2, 0) is 9.59 Å². The summed E-state index contributed by atoms with van der Waals surface area (Å²) in [6.07, 6.45) is 1.61. The number of rotatable bonds is 10. The van der Waals surface area contributed by atoms with E-state index in [1.165, 1.54) is 41.3 Å². The second-order valence-electron chi connectivity index (χ2n) is 8.62. The molecule has 3 aromatic carbocycles. The maximum Gasteiger partial charge on any atom is 0.337 e. The molecule has 0 saturated heterocycles. The highest BCUT2D eigenvalue weighted by Gasteiger charge is 2.18. The predicted octanol–water partition coefficient (Wildman–Crippen LogP) is 6.63. The number of thioether (sulfide) groups is 1. The molecule has 1 unspecified atom stereocenters. The predicted molar refractivity (Wildman–Crippen MR) is 164 cm³/mol. The van der Waals surface area contributed by atoms with Crippen molar-refractivity contribution in [2.24, 2.45) is 0 Å². The van der Waals surface area contributed by atoms with E-state index in [0.717, 1.165) is 4.88 Å². The molecule has 0 fully saturated rings. The Morgan fingerprint density at radius 1 is 0.902 bits per heavy atom. The van der Waals surface area contributed by atoms with Crippen molar-refractivity contribution in [3.63, 3.8) is 0 Å². The lowest BCUT2D eigenvalue weighted by Crippen LogP contribution is -2.30. The van der Waals surface area contributed by atoms with Crippen molar-refractivity contribution >= 4 is 75.8 Å². The van der Waals surface area contributed by atoms with Crippen LogP contribution < -0.4 is 16.0 Å². The number of carboxylic acids is 1. The number of aromatic carboxylic acids is 1. The van der Waals surface area contributed by atoms with E-state index < -0.39 is 23.0 Å². The standard InChI is InChI=1S/C30H24ClN3O5S2/c1-18(27(35)32-21-12-13-25(31)24(16-21)30(38)39)41-23-10-5-9-20(15-23)33-29(37)26(17-22-11-6-14-40-22)34-28(36)19-7-3-2-4-8-19/h2-18H,1H3,(H,32,35)(H,33,37)(H,34,36)(H,38,39)/b26-17-. The van der Waals surface area contributed by atoms with Gasteiger partial charge in [0.2, 0.25) is 5.91 Å². The average Bonchev–Trinajstić information content (AvgIpc) is 3.47. The molecule has 41 heavy (non-hydrogen) atoms. The number of anilines is 2. The Balaban J connectivity index is 1.44. The first-order chi connectivity index (χ1) is 19.7. The van der Waals surface area contributed by atoms with Crippen LogP contribution in [-0.4, -0.2) is 34.0 Å². The van der Waals surface area contributed by atoms with Crippen LogP contribution >= 0.6 is 34.7 Å². The number of carboxylic acid groups (broad SMARTS) is 1. The molecule has 208 valence electrons. The molecule has 1 aromatic heterocycles. The summed E-state index contributed by atoms with van der Waals surface area (Å²) < 4.78 is 0. The van der Waals surface area contributed by atoms with E-state index in [1.807, 2.05) is 17.5 Å². The first kappa shape index (κ1) is 29.6. The zero-order valence-corrected chi connectivity index (χ0v) is 24.0. The Bertz CT molecular complexity index is 1610. The molecule has 11 heteroatoms. The third kappa shape index (κ3) is 8.31. The van der Waals surface area contributed by atoms with Crippen molar-refractivity contribution < 1.29 is 24.3 Å². The fourth-order valence-electron chi connectivity index (χ4n) is 3.57. The van der Waals surface area contributed by atoms with Gasteiger partial charge in [-0.1, -0.05) is 41.9 Å². The summed E-state index contributed by atoms with van der Waals surface area (Å²) in [5, 5.41) is 18.9. The first-order valence-electron chi connectivity index (χ1n) is 12.2. The highest BCUT2D eigenvalue weighted by molar-refractivity contribution is 8.00. The molecule has 1 heterocycles. The molecule has 0 spiro atoms. The molecule has 0 aliphatic heterocycles. The number of hydrogen-bond acceptors (Lipinski definition) is 6. The van der Waals surface area contributed by atoms with E-state index >= 15 is 0 Å². The van der Waals surface area contributed by atoms with Crippen LogP contribution in [0.5, 0.6) is 0 Å². The number of benzene rings is 3. The molecule has 4 aromatic rings. The van der Waals surface area contributed by atoms with Crippen molar-refractivity contribution in [3.8, 4) is 0 Å². The van der Waals surface area contributed by atoms with Gasteiger partial charge in [-0.3, -0.25) is 14.4 Å². The summed E-state index contributed by atoms with van der Waals surface area (Å²) in [7, 11) is 0. The smallest absolute Gasteiger partial charge is 0.337 e. The molecule has 0 saturated carbocycles. The van der Waals surface area contributed by atoms with Gasteiger partial charge in [0.25, 0.3) is 11.8 Å². The third-order valence-electron chi connectivity index (χ3n) is 5.60. The first-order valence-corrected chi connectivity index (χ1v) is 14.4. The van der Waals surface area contributed by atoms with Gasteiger partial charge in [0, 0.05) is 26.7 Å². The van der Waals surface area contributed by atoms with Crippen molar-refractivity contribution in [3.05, 3.63) is 117 Å². The maximum atomic E-state index is 13.2. The van der Waals surface area contributed by atoms with Gasteiger partial charge >= 0.3 is 5.97 Å². The molecular formula is C30H24ClN3O5S2. The van der Waals surface area contributed by atoms with E-state index in [2.05, 4.69) is 16.0 Å². The fraction of sp³-hybridized carbons (Fsp3) is 0.0667. The molecule has 1 atom stereocenters. The van der Waals surface area contributed by atoms with Crippen LogP contribution in [0, 0.1) is 0 Å². The summed E-state index contributed by atoms with van der Waals surface area (Å²) in [5.74, 6) is -2.45. The van der Waals surface area contributed by atoms with E-state index in [0.29, 0.717) is 21.8 Å². The van der Waals surface area contributed by atoms with E-state index in [9.17, 15) is 24.3 Å². The van der Waals surface area contributed by atoms with Crippen LogP contribution in [0.25, 0.3) is 6.08 Å². The SMILES string of the molecule is CC(Sc1cccc(NC(=O)/C(=C/c2cccs2)NC(=O)c2ccccc2)c1)C(=O)Nc1ccc(Cl)c(C(=O)O)c1. The molecular weight excluding hydrogens is 582 g/mol. The summed E-state index contributed by atoms with van der Waals surface area (Å²) in [6.45, 7) is 1.71. The Hall–Kier alpha value is -4.38. The van der Waals surface area contributed by atoms with Gasteiger partial charge in [0.15, 0.2) is 0 Å². The second-order valence-corrected chi connectivity index (χ2v) is 11.4. The second kappa shape index (κ2) is 13.8. The van der Waals surface area contributed by atoms with Crippen LogP contribution in [0.3, 0.4) is 0 Å². The number of carbonyl (C=O) groups excluding carboxylic acids is 3. The lowest BCUT2D eigenvalue weighted by atomic mass is 10.2. The average molecular weight is 606 g/mol. The number of halogens is 1. The van der Waals surface area contributed by atoms with Gasteiger partial charge in [-0.2, -0.15) is 0 Å². The van der Waals surface area contributed by atoms with Crippen molar-refractivity contribution in [2.75, 3.05) is 10.6 Å². The largest absolute Gasteiger partial charge is 0.478 e. The van der Waals surface area contributed by atoms with Crippen LogP contribution in [0.4, 0.5) is 11.4 Å². The number of amides is 3. The lowest BCUT2D eigenvalue weighted by molar-refractivity contribution is -0.115. The zero-order chi connectivity index (χ0) is 29.4. The van der Waals surface area contributed by atoms with Gasteiger partial charge < -0.3 is 21.1 Å². The minimum Gasteiger partial charge on any atom is -0.478 e. The zero-order valence-electron chi connectivity index (χ0n) is 21.6. The van der Waals surface area contributed by atoms with E-state index in [4.69, 9.17) is 11.6 Å². The fourth-order valence-corrected chi connectivity index (χ4v) is 5.35. The molecule has 3 amide bonds. The minimum atomic E-state index is -1.19. The van der Waals surface area contributed by atoms with Crippen molar-refractivity contribution in [2.45, 2.75) is 17.1 Å². The Kier molecular flexibility index (Phi) is 9.96. The molecule has 0 aliphatic carbocycles. The normalized spacial score (nSPS) is 11.8. The van der Waals surface area contributed by atoms with E-state index in [1.54, 1.807) is 67.6 Å². The summed E-state index contributed by atoms with van der Waals surface area (Å²) in [5.41, 5.74) is 1.17. The number of thiophene rings is 1. The molecule has 8 nitrogen and oxygen atoms in total. The summed E-state index contributed by atoms with van der Waals surface area (Å²) in [6, 6.07) is 23.5. The topological polar surface area (TPSA) is 125 Å². The van der Waals surface area contributed by atoms with Crippen LogP contribution in [0.15, 0.2) is 101 Å². The molecule has 4 N–H and O–H groups in total. The minimum absolute atomic E-state index is 0.0739. The molecule has 0 aliphatic rings. The Morgan fingerprint density at radius 2 is 1.66 bits per heavy atom. The highest BCUT2D eigenvalue weighted by Crippen LogP contribution is 2.28. The van der Waals surface area contributed by atoms with Crippen LogP contribution in [0.1, 0.15) is 32.5 Å². The summed E-state index contributed by atoms with van der Waals surface area (Å²) >= 11 is 8.59.